The summed E-state index contributed by atoms with van der Waals surface area (Å²) < 4.78 is 0. The van der Waals surface area contributed by atoms with Crippen LogP contribution in [0.1, 0.15) is 38.2 Å². The monoisotopic (exact) mass is 260 g/mol. The van der Waals surface area contributed by atoms with Gasteiger partial charge in [0.2, 0.25) is 0 Å². The first-order valence-corrected chi connectivity index (χ1v) is 7.35. The van der Waals surface area contributed by atoms with Gasteiger partial charge in [0.15, 0.2) is 0 Å². The average Bonchev–Trinajstić information content (AvgIpc) is 2.68. The maximum atomic E-state index is 12.2. The van der Waals surface area contributed by atoms with Crippen molar-refractivity contribution in [3.8, 4) is 0 Å². The molecule has 19 heavy (non-hydrogen) atoms. The number of nitrogens with one attached hydrogen (secondary N) is 1. The van der Waals surface area contributed by atoms with Gasteiger partial charge in [0, 0.05) is 19.1 Å². The molecule has 1 fully saturated rings. The Morgan fingerprint density at radius 2 is 1.79 bits per heavy atom. The number of rotatable bonds is 3. The van der Waals surface area contributed by atoms with E-state index in [9.17, 15) is 4.79 Å². The zero-order valence-electron chi connectivity index (χ0n) is 11.8. The Morgan fingerprint density at radius 3 is 2.42 bits per heavy atom. The van der Waals surface area contributed by atoms with Gasteiger partial charge in [-0.25, -0.2) is 4.79 Å². The highest BCUT2D eigenvalue weighted by molar-refractivity contribution is 5.74. The van der Waals surface area contributed by atoms with Gasteiger partial charge in [-0.15, -0.1) is 0 Å². The molecule has 0 aliphatic carbocycles. The molecule has 104 valence electrons. The number of carbonyl (C=O) groups excluding carboxylic acids is 1. The number of amides is 2. The minimum absolute atomic E-state index is 0.102. The number of hydrogen-bond acceptors (Lipinski definition) is 1. The van der Waals surface area contributed by atoms with Crippen LogP contribution >= 0.6 is 0 Å². The van der Waals surface area contributed by atoms with E-state index in [2.05, 4.69) is 24.4 Å². The summed E-state index contributed by atoms with van der Waals surface area (Å²) in [5, 5.41) is 3.11. The Morgan fingerprint density at radius 1 is 1.16 bits per heavy atom. The molecule has 1 unspecified atom stereocenters. The summed E-state index contributed by atoms with van der Waals surface area (Å²) in [6.45, 7) is 3.89. The molecule has 0 bridgehead atoms. The van der Waals surface area contributed by atoms with Gasteiger partial charge in [0.25, 0.3) is 0 Å². The summed E-state index contributed by atoms with van der Waals surface area (Å²) >= 11 is 0. The first-order chi connectivity index (χ1) is 9.25. The van der Waals surface area contributed by atoms with Crippen LogP contribution in [0.3, 0.4) is 0 Å². The van der Waals surface area contributed by atoms with Gasteiger partial charge in [-0.05, 0) is 31.7 Å². The zero-order chi connectivity index (χ0) is 13.5. The summed E-state index contributed by atoms with van der Waals surface area (Å²) in [5.74, 6) is 0. The number of nitrogens with zero attached hydrogens (tertiary/aromatic N) is 1. The van der Waals surface area contributed by atoms with E-state index in [1.54, 1.807) is 0 Å². The topological polar surface area (TPSA) is 32.3 Å². The smallest absolute Gasteiger partial charge is 0.317 e. The van der Waals surface area contributed by atoms with Gasteiger partial charge in [-0.2, -0.15) is 0 Å². The lowest BCUT2D eigenvalue weighted by Crippen LogP contribution is -2.44. The predicted molar refractivity (Wildman–Crippen MR) is 78.2 cm³/mol. The number of benzene rings is 1. The van der Waals surface area contributed by atoms with Crippen LogP contribution in [0, 0.1) is 0 Å². The highest BCUT2D eigenvalue weighted by atomic mass is 16.2. The Balaban J connectivity index is 1.80. The van der Waals surface area contributed by atoms with Gasteiger partial charge in [0.05, 0.1) is 0 Å². The molecule has 1 atom stereocenters. The summed E-state index contributed by atoms with van der Waals surface area (Å²) in [5.41, 5.74) is 1.27. The van der Waals surface area contributed by atoms with E-state index < -0.39 is 0 Å². The maximum Gasteiger partial charge on any atom is 0.317 e. The first kappa shape index (κ1) is 13.9. The second kappa shape index (κ2) is 7.17. The average molecular weight is 260 g/mol. The van der Waals surface area contributed by atoms with Crippen molar-refractivity contribution in [2.75, 3.05) is 13.1 Å². The quantitative estimate of drug-likeness (QED) is 0.889. The standard InChI is InChI=1S/C16H24N2O/c1-14(13-15-9-5-4-6-10-15)17-16(19)18-11-7-2-3-8-12-18/h4-6,9-10,14H,2-3,7-8,11-13H2,1H3,(H,17,19). The van der Waals surface area contributed by atoms with Crippen molar-refractivity contribution in [1.29, 1.82) is 0 Å². The minimum Gasteiger partial charge on any atom is -0.335 e. The van der Waals surface area contributed by atoms with Crippen LogP contribution in [-0.2, 0) is 6.42 Å². The lowest BCUT2D eigenvalue weighted by molar-refractivity contribution is 0.196. The molecule has 2 amide bonds. The molecule has 3 heteroatoms. The third-order valence-electron chi connectivity index (χ3n) is 3.65. The van der Waals surface area contributed by atoms with Gasteiger partial charge in [-0.3, -0.25) is 0 Å². The van der Waals surface area contributed by atoms with Crippen molar-refractivity contribution >= 4 is 6.03 Å². The molecule has 1 saturated heterocycles. The van der Waals surface area contributed by atoms with Crippen molar-refractivity contribution in [2.24, 2.45) is 0 Å². The summed E-state index contributed by atoms with van der Waals surface area (Å²) in [6, 6.07) is 10.6. The van der Waals surface area contributed by atoms with Crippen molar-refractivity contribution in [3.63, 3.8) is 0 Å². The van der Waals surface area contributed by atoms with Gasteiger partial charge in [-0.1, -0.05) is 43.2 Å². The van der Waals surface area contributed by atoms with Gasteiger partial charge in [0.1, 0.15) is 0 Å². The maximum absolute atomic E-state index is 12.2. The fraction of sp³-hybridized carbons (Fsp3) is 0.562. The molecule has 1 N–H and O–H groups in total. The van der Waals surface area contributed by atoms with Crippen LogP contribution in [0.4, 0.5) is 4.79 Å². The number of hydrogen-bond donors (Lipinski definition) is 1. The van der Waals surface area contributed by atoms with Crippen LogP contribution in [-0.4, -0.2) is 30.1 Å². The van der Waals surface area contributed by atoms with Crippen LogP contribution in [0.5, 0.6) is 0 Å². The van der Waals surface area contributed by atoms with E-state index in [4.69, 9.17) is 0 Å². The molecule has 0 saturated carbocycles. The van der Waals surface area contributed by atoms with E-state index >= 15 is 0 Å². The van der Waals surface area contributed by atoms with Crippen LogP contribution in [0.25, 0.3) is 0 Å². The summed E-state index contributed by atoms with van der Waals surface area (Å²) in [4.78, 5) is 14.1. The third kappa shape index (κ3) is 4.58. The van der Waals surface area contributed by atoms with Crippen molar-refractivity contribution in [2.45, 2.75) is 45.1 Å². The fourth-order valence-corrected chi connectivity index (χ4v) is 2.59. The Bertz CT molecular complexity index is 383. The number of likely N-dealkylation sites (tertiary alicyclic amines) is 1. The molecule has 1 aliphatic heterocycles. The highest BCUT2D eigenvalue weighted by Gasteiger charge is 2.17. The Kier molecular flexibility index (Phi) is 5.25. The second-order valence-corrected chi connectivity index (χ2v) is 5.44. The molecule has 3 nitrogen and oxygen atoms in total. The predicted octanol–water partition coefficient (Wildman–Crippen LogP) is 3.20. The van der Waals surface area contributed by atoms with E-state index in [0.717, 1.165) is 32.4 Å². The molecule has 2 rings (SSSR count). The van der Waals surface area contributed by atoms with Crippen LogP contribution < -0.4 is 5.32 Å². The van der Waals surface area contributed by atoms with E-state index in [1.165, 1.54) is 18.4 Å². The van der Waals surface area contributed by atoms with Crippen molar-refractivity contribution in [3.05, 3.63) is 35.9 Å². The van der Waals surface area contributed by atoms with E-state index in [0.29, 0.717) is 0 Å². The van der Waals surface area contributed by atoms with Crippen LogP contribution in [0.2, 0.25) is 0 Å². The highest BCUT2D eigenvalue weighted by Crippen LogP contribution is 2.10. The minimum atomic E-state index is 0.102. The lowest BCUT2D eigenvalue weighted by atomic mass is 10.1. The summed E-state index contributed by atoms with van der Waals surface area (Å²) in [6.07, 6.45) is 5.67. The molecular weight excluding hydrogens is 236 g/mol. The molecular formula is C16H24N2O. The Labute approximate surface area is 116 Å². The molecule has 1 heterocycles. The molecule has 0 aromatic heterocycles. The van der Waals surface area contributed by atoms with Gasteiger partial charge >= 0.3 is 6.03 Å². The largest absolute Gasteiger partial charge is 0.335 e. The molecule has 1 aromatic rings. The molecule has 1 aromatic carbocycles. The van der Waals surface area contributed by atoms with E-state index in [-0.39, 0.29) is 12.1 Å². The molecule has 0 radical (unpaired) electrons. The van der Waals surface area contributed by atoms with Crippen LogP contribution in [0.15, 0.2) is 30.3 Å². The van der Waals surface area contributed by atoms with Gasteiger partial charge < -0.3 is 10.2 Å². The number of urea groups is 1. The van der Waals surface area contributed by atoms with E-state index in [1.807, 2.05) is 23.1 Å². The molecule has 1 aliphatic rings. The second-order valence-electron chi connectivity index (χ2n) is 5.44. The fourth-order valence-electron chi connectivity index (χ4n) is 2.59. The number of carbonyl (C=O) groups is 1. The lowest BCUT2D eigenvalue weighted by Gasteiger charge is -2.23. The first-order valence-electron chi connectivity index (χ1n) is 7.35. The zero-order valence-corrected chi connectivity index (χ0v) is 11.8. The normalized spacial score (nSPS) is 17.6. The third-order valence-corrected chi connectivity index (χ3v) is 3.65. The Hall–Kier alpha value is -1.51. The molecule has 0 spiro atoms. The summed E-state index contributed by atoms with van der Waals surface area (Å²) in [7, 11) is 0. The van der Waals surface area contributed by atoms with Crippen molar-refractivity contribution in [1.82, 2.24) is 10.2 Å². The van der Waals surface area contributed by atoms with Crippen molar-refractivity contribution < 1.29 is 4.79 Å². The SMILES string of the molecule is CC(Cc1ccccc1)NC(=O)N1CCCCCC1.